The molecule has 0 nitrogen and oxygen atoms in total. The van der Waals surface area contributed by atoms with Crippen LogP contribution in [-0.4, -0.2) is 0 Å². The number of rotatable bonds is 0. The fourth-order valence-electron chi connectivity index (χ4n) is 0.821. The van der Waals surface area contributed by atoms with Gasteiger partial charge in [0.2, 0.25) is 0 Å². The molecule has 1 aromatic carbocycles. The standard InChI is InChI=1S/C8H7Br3/c1-6-3-2-4-7(5-6)8(9,10)11/h2-5H,1H3. The molecule has 0 spiro atoms. The molecule has 60 valence electrons. The van der Waals surface area contributed by atoms with Gasteiger partial charge >= 0.3 is 0 Å². The Bertz CT molecular complexity index is 250. The van der Waals surface area contributed by atoms with Crippen LogP contribution in [0.4, 0.5) is 0 Å². The van der Waals surface area contributed by atoms with Crippen LogP contribution < -0.4 is 0 Å². The van der Waals surface area contributed by atoms with Gasteiger partial charge in [0.1, 0.15) is 0 Å². The molecule has 0 unspecified atom stereocenters. The first-order valence-corrected chi connectivity index (χ1v) is 5.52. The number of benzene rings is 1. The van der Waals surface area contributed by atoms with Crippen molar-refractivity contribution in [2.75, 3.05) is 0 Å². The second-order valence-corrected chi connectivity index (χ2v) is 9.13. The van der Waals surface area contributed by atoms with Crippen LogP contribution in [0.1, 0.15) is 11.1 Å². The van der Waals surface area contributed by atoms with E-state index in [0.29, 0.717) is 0 Å². The average Bonchev–Trinajstić information content (AvgIpc) is 1.86. The zero-order valence-corrected chi connectivity index (χ0v) is 10.7. The molecule has 0 radical (unpaired) electrons. The monoisotopic (exact) mass is 340 g/mol. The molecule has 0 atom stereocenters. The lowest BCUT2D eigenvalue weighted by Gasteiger charge is -2.12. The van der Waals surface area contributed by atoms with E-state index >= 15 is 0 Å². The summed E-state index contributed by atoms with van der Waals surface area (Å²) in [6.45, 7) is 2.07. The van der Waals surface area contributed by atoms with E-state index in [1.807, 2.05) is 12.1 Å². The van der Waals surface area contributed by atoms with Crippen molar-refractivity contribution in [2.45, 2.75) is 9.07 Å². The number of aryl methyl sites for hydroxylation is 1. The van der Waals surface area contributed by atoms with Gasteiger partial charge < -0.3 is 0 Å². The maximum atomic E-state index is 3.45. The van der Waals surface area contributed by atoms with Crippen molar-refractivity contribution in [3.05, 3.63) is 35.4 Å². The summed E-state index contributed by atoms with van der Waals surface area (Å²) in [5.74, 6) is 0. The van der Waals surface area contributed by atoms with Gasteiger partial charge in [0, 0.05) is 0 Å². The first-order valence-electron chi connectivity index (χ1n) is 3.14. The van der Waals surface area contributed by atoms with Gasteiger partial charge in [-0.05, 0) is 12.5 Å². The first-order chi connectivity index (χ1) is 5.00. The summed E-state index contributed by atoms with van der Waals surface area (Å²) in [4.78, 5) is 0. The number of hydrogen-bond acceptors (Lipinski definition) is 0. The van der Waals surface area contributed by atoms with Crippen molar-refractivity contribution >= 4 is 47.8 Å². The molecular weight excluding hydrogens is 336 g/mol. The highest BCUT2D eigenvalue weighted by Crippen LogP contribution is 2.44. The van der Waals surface area contributed by atoms with Gasteiger partial charge in [0.25, 0.3) is 0 Å². The minimum absolute atomic E-state index is 0.279. The zero-order valence-electron chi connectivity index (χ0n) is 5.94. The Morgan fingerprint density at radius 3 is 2.18 bits per heavy atom. The topological polar surface area (TPSA) is 0 Å². The van der Waals surface area contributed by atoms with Crippen LogP contribution in [0.3, 0.4) is 0 Å². The summed E-state index contributed by atoms with van der Waals surface area (Å²) < 4.78 is -0.279. The van der Waals surface area contributed by atoms with E-state index in [1.54, 1.807) is 0 Å². The van der Waals surface area contributed by atoms with Crippen LogP contribution in [0.25, 0.3) is 0 Å². The number of alkyl halides is 3. The Kier molecular flexibility index (Phi) is 3.18. The van der Waals surface area contributed by atoms with Gasteiger partial charge in [-0.15, -0.1) is 0 Å². The Morgan fingerprint density at radius 1 is 1.18 bits per heavy atom. The molecular formula is C8H7Br3. The van der Waals surface area contributed by atoms with Crippen molar-refractivity contribution in [3.63, 3.8) is 0 Å². The predicted octanol–water partition coefficient (Wildman–Crippen LogP) is 4.29. The van der Waals surface area contributed by atoms with E-state index in [-0.39, 0.29) is 2.14 Å². The Hall–Kier alpha value is 0.660. The minimum Gasteiger partial charge on any atom is -0.0616 e. The highest BCUT2D eigenvalue weighted by Gasteiger charge is 2.19. The third kappa shape index (κ3) is 2.88. The molecule has 0 aliphatic carbocycles. The molecule has 1 aromatic rings. The smallest absolute Gasteiger partial charge is 0.0616 e. The van der Waals surface area contributed by atoms with E-state index in [1.165, 1.54) is 5.56 Å². The predicted molar refractivity (Wildman–Crippen MR) is 59.6 cm³/mol. The van der Waals surface area contributed by atoms with Crippen LogP contribution in [0, 0.1) is 6.92 Å². The second kappa shape index (κ2) is 3.58. The largest absolute Gasteiger partial charge is 0.159 e. The highest BCUT2D eigenvalue weighted by molar-refractivity contribution is 9.38. The van der Waals surface area contributed by atoms with Crippen LogP contribution in [0.5, 0.6) is 0 Å². The van der Waals surface area contributed by atoms with Gasteiger partial charge in [-0.1, -0.05) is 77.6 Å². The van der Waals surface area contributed by atoms with Crippen molar-refractivity contribution in [2.24, 2.45) is 0 Å². The fraction of sp³-hybridized carbons (Fsp3) is 0.250. The molecule has 0 amide bonds. The molecule has 0 saturated carbocycles. The lowest BCUT2D eigenvalue weighted by Crippen LogP contribution is -1.96. The van der Waals surface area contributed by atoms with E-state index in [0.717, 1.165) is 5.56 Å². The second-order valence-electron chi connectivity index (χ2n) is 2.37. The summed E-state index contributed by atoms with van der Waals surface area (Å²) in [5, 5.41) is 0. The molecule has 0 heterocycles. The van der Waals surface area contributed by atoms with Crippen LogP contribution in [-0.2, 0) is 2.14 Å². The van der Waals surface area contributed by atoms with Gasteiger partial charge in [-0.25, -0.2) is 0 Å². The summed E-state index contributed by atoms with van der Waals surface area (Å²) in [5.41, 5.74) is 2.42. The highest BCUT2D eigenvalue weighted by atomic mass is 80.0. The summed E-state index contributed by atoms with van der Waals surface area (Å²) in [6, 6.07) is 8.26. The van der Waals surface area contributed by atoms with Crippen LogP contribution >= 0.6 is 47.8 Å². The van der Waals surface area contributed by atoms with Crippen molar-refractivity contribution in [1.29, 1.82) is 0 Å². The number of halogens is 3. The molecule has 0 aromatic heterocycles. The lowest BCUT2D eigenvalue weighted by atomic mass is 10.2. The molecule has 0 saturated heterocycles. The first kappa shape index (κ1) is 9.75. The summed E-state index contributed by atoms with van der Waals surface area (Å²) in [7, 11) is 0. The summed E-state index contributed by atoms with van der Waals surface area (Å²) >= 11 is 10.4. The fourth-order valence-corrected chi connectivity index (χ4v) is 1.56. The van der Waals surface area contributed by atoms with Crippen LogP contribution in [0.15, 0.2) is 24.3 Å². The third-order valence-electron chi connectivity index (χ3n) is 1.35. The zero-order chi connectivity index (χ0) is 8.48. The Labute approximate surface area is 91.8 Å². The van der Waals surface area contributed by atoms with Gasteiger partial charge in [0.15, 0.2) is 2.14 Å². The molecule has 11 heavy (non-hydrogen) atoms. The maximum absolute atomic E-state index is 3.45. The average molecular weight is 343 g/mol. The van der Waals surface area contributed by atoms with E-state index < -0.39 is 0 Å². The normalized spacial score (nSPS) is 11.6. The molecule has 1 rings (SSSR count). The lowest BCUT2D eigenvalue weighted by molar-refractivity contribution is 1.32. The summed E-state index contributed by atoms with van der Waals surface area (Å²) in [6.07, 6.45) is 0. The van der Waals surface area contributed by atoms with Gasteiger partial charge in [-0.2, -0.15) is 0 Å². The Balaban J connectivity index is 3.06. The van der Waals surface area contributed by atoms with Crippen LogP contribution in [0.2, 0.25) is 0 Å². The molecule has 0 aliphatic heterocycles. The van der Waals surface area contributed by atoms with E-state index in [4.69, 9.17) is 0 Å². The quantitative estimate of drug-likeness (QED) is 0.617. The Morgan fingerprint density at radius 2 is 1.82 bits per heavy atom. The van der Waals surface area contributed by atoms with E-state index in [9.17, 15) is 0 Å². The molecule has 0 N–H and O–H groups in total. The van der Waals surface area contributed by atoms with E-state index in [2.05, 4.69) is 66.8 Å². The minimum atomic E-state index is -0.279. The maximum Gasteiger partial charge on any atom is 0.159 e. The molecule has 0 bridgehead atoms. The van der Waals surface area contributed by atoms with Crippen molar-refractivity contribution in [3.8, 4) is 0 Å². The molecule has 3 heteroatoms. The molecule has 0 aliphatic rings. The van der Waals surface area contributed by atoms with Crippen molar-refractivity contribution in [1.82, 2.24) is 0 Å². The molecule has 0 fully saturated rings. The third-order valence-corrected chi connectivity index (χ3v) is 2.72. The SMILES string of the molecule is Cc1cccc(C(Br)(Br)Br)c1. The number of hydrogen-bond donors (Lipinski definition) is 0. The van der Waals surface area contributed by atoms with Crippen molar-refractivity contribution < 1.29 is 0 Å². The van der Waals surface area contributed by atoms with Gasteiger partial charge in [-0.3, -0.25) is 0 Å². The van der Waals surface area contributed by atoms with Gasteiger partial charge in [0.05, 0.1) is 0 Å².